The maximum Gasteiger partial charge on any atom is 0.407 e. The molecule has 1 amide bonds. The summed E-state index contributed by atoms with van der Waals surface area (Å²) in [6.07, 6.45) is 2.76. The number of hydrogen-bond acceptors (Lipinski definition) is 5. The minimum absolute atomic E-state index is 0.0318. The van der Waals surface area contributed by atoms with Gasteiger partial charge >= 0.3 is 6.09 Å². The van der Waals surface area contributed by atoms with Gasteiger partial charge in [-0.1, -0.05) is 42.5 Å². The van der Waals surface area contributed by atoms with Gasteiger partial charge in [0.25, 0.3) is 5.69 Å². The van der Waals surface area contributed by atoms with Crippen LogP contribution in [0.1, 0.15) is 11.1 Å². The van der Waals surface area contributed by atoms with Gasteiger partial charge in [0.15, 0.2) is 0 Å². The Labute approximate surface area is 145 Å². The van der Waals surface area contributed by atoms with Crippen molar-refractivity contribution < 1.29 is 19.2 Å². The summed E-state index contributed by atoms with van der Waals surface area (Å²) >= 11 is 0. The Bertz CT molecular complexity index is 759. The second kappa shape index (κ2) is 9.07. The lowest BCUT2D eigenvalue weighted by atomic mass is 10.1. The summed E-state index contributed by atoms with van der Waals surface area (Å²) in [6, 6.07) is 13.6. The average molecular weight is 342 g/mol. The first-order chi connectivity index (χ1) is 12.1. The fourth-order valence-electron chi connectivity index (χ4n) is 2.07. The normalized spacial score (nSPS) is 10.4. The molecule has 130 valence electrons. The van der Waals surface area contributed by atoms with Gasteiger partial charge in [-0.15, -0.1) is 0 Å². The summed E-state index contributed by atoms with van der Waals surface area (Å²) in [5.41, 5.74) is 1.42. The highest BCUT2D eigenvalue weighted by Gasteiger charge is 2.09. The van der Waals surface area contributed by atoms with Crippen LogP contribution in [0.4, 0.5) is 10.5 Å². The van der Waals surface area contributed by atoms with Crippen LogP contribution in [-0.2, 0) is 11.3 Å². The van der Waals surface area contributed by atoms with Crippen LogP contribution in [0.15, 0.2) is 54.6 Å². The minimum Gasteiger partial charge on any atom is -0.496 e. The van der Waals surface area contributed by atoms with Crippen LogP contribution in [-0.4, -0.2) is 24.7 Å². The largest absolute Gasteiger partial charge is 0.496 e. The maximum atomic E-state index is 11.6. The number of carbonyl (C=O) groups excluding carboxylic acids is 1. The third-order valence-electron chi connectivity index (χ3n) is 3.30. The Morgan fingerprint density at radius 3 is 2.68 bits per heavy atom. The number of hydrogen-bond donors (Lipinski definition) is 1. The molecule has 0 aliphatic carbocycles. The van der Waals surface area contributed by atoms with Gasteiger partial charge in [0.2, 0.25) is 0 Å². The van der Waals surface area contributed by atoms with Gasteiger partial charge in [-0.25, -0.2) is 4.79 Å². The molecule has 0 radical (unpaired) electrons. The smallest absolute Gasteiger partial charge is 0.407 e. The average Bonchev–Trinajstić information content (AvgIpc) is 2.64. The Kier molecular flexibility index (Phi) is 6.53. The number of non-ortho nitro benzene ring substituents is 1. The van der Waals surface area contributed by atoms with E-state index in [9.17, 15) is 14.9 Å². The van der Waals surface area contributed by atoms with Crippen LogP contribution >= 0.6 is 0 Å². The van der Waals surface area contributed by atoms with Crippen molar-refractivity contribution in [3.05, 3.63) is 75.8 Å². The number of nitro benzene ring substituents is 1. The van der Waals surface area contributed by atoms with Crippen molar-refractivity contribution in [1.82, 2.24) is 5.32 Å². The van der Waals surface area contributed by atoms with Gasteiger partial charge in [-0.2, -0.15) is 0 Å². The molecule has 7 heteroatoms. The Balaban J connectivity index is 1.85. The van der Waals surface area contributed by atoms with Crippen LogP contribution in [0.5, 0.6) is 5.75 Å². The molecule has 0 spiro atoms. The number of nitrogens with one attached hydrogen (secondary N) is 1. The molecule has 0 aliphatic heterocycles. The van der Waals surface area contributed by atoms with E-state index in [1.807, 2.05) is 30.3 Å². The molecule has 0 fully saturated rings. The van der Waals surface area contributed by atoms with E-state index in [4.69, 9.17) is 9.47 Å². The molecule has 0 saturated carbocycles. The fourth-order valence-corrected chi connectivity index (χ4v) is 2.07. The molecule has 2 aromatic carbocycles. The number of methoxy groups -OCH3 is 1. The lowest BCUT2D eigenvalue weighted by Gasteiger charge is -2.06. The quantitative estimate of drug-likeness (QED) is 0.614. The summed E-state index contributed by atoms with van der Waals surface area (Å²) in [7, 11) is 1.48. The Morgan fingerprint density at radius 2 is 2.00 bits per heavy atom. The maximum absolute atomic E-state index is 11.6. The molecule has 7 nitrogen and oxygen atoms in total. The van der Waals surface area contributed by atoms with Crippen LogP contribution in [0.25, 0.3) is 6.08 Å². The fraction of sp³-hybridized carbons (Fsp3) is 0.167. The number of nitro groups is 1. The topological polar surface area (TPSA) is 90.7 Å². The van der Waals surface area contributed by atoms with Crippen molar-refractivity contribution in [3.8, 4) is 5.75 Å². The molecule has 2 aromatic rings. The summed E-state index contributed by atoms with van der Waals surface area (Å²) in [5, 5.41) is 13.4. The monoisotopic (exact) mass is 342 g/mol. The van der Waals surface area contributed by atoms with Crippen molar-refractivity contribution in [2.75, 3.05) is 13.7 Å². The van der Waals surface area contributed by atoms with E-state index >= 15 is 0 Å². The van der Waals surface area contributed by atoms with Crippen molar-refractivity contribution >= 4 is 17.9 Å². The van der Waals surface area contributed by atoms with E-state index in [1.54, 1.807) is 12.2 Å². The summed E-state index contributed by atoms with van der Waals surface area (Å²) < 4.78 is 10.2. The highest BCUT2D eigenvalue weighted by Crippen LogP contribution is 2.24. The second-order valence-electron chi connectivity index (χ2n) is 5.03. The van der Waals surface area contributed by atoms with Crippen molar-refractivity contribution in [2.24, 2.45) is 0 Å². The molecule has 0 unspecified atom stereocenters. The van der Waals surface area contributed by atoms with Crippen LogP contribution < -0.4 is 10.1 Å². The van der Waals surface area contributed by atoms with E-state index in [0.29, 0.717) is 11.3 Å². The molecule has 0 atom stereocenters. The predicted octanol–water partition coefficient (Wildman–Crippen LogP) is 3.54. The Hall–Kier alpha value is -3.35. The SMILES string of the molecule is COc1ccc([N+](=O)[O-])cc1C=CCNC(=O)OCc1ccccc1. The summed E-state index contributed by atoms with van der Waals surface area (Å²) in [4.78, 5) is 22.0. The van der Waals surface area contributed by atoms with Crippen molar-refractivity contribution in [1.29, 1.82) is 0 Å². The van der Waals surface area contributed by atoms with Gasteiger partial charge in [0.05, 0.1) is 12.0 Å². The first-order valence-electron chi connectivity index (χ1n) is 7.53. The number of rotatable bonds is 7. The number of carbonyl (C=O) groups is 1. The first-order valence-corrected chi connectivity index (χ1v) is 7.53. The highest BCUT2D eigenvalue weighted by atomic mass is 16.6. The molecule has 0 aliphatic rings. The van der Waals surface area contributed by atoms with E-state index in [0.717, 1.165) is 5.56 Å². The molecule has 0 aromatic heterocycles. The molecule has 0 saturated heterocycles. The van der Waals surface area contributed by atoms with Gasteiger partial charge in [0.1, 0.15) is 12.4 Å². The standard InChI is InChI=1S/C18H18N2O5/c1-24-17-10-9-16(20(22)23)12-15(17)8-5-11-19-18(21)25-13-14-6-3-2-4-7-14/h2-10,12H,11,13H2,1H3,(H,19,21). The summed E-state index contributed by atoms with van der Waals surface area (Å²) in [5.74, 6) is 0.508. The van der Waals surface area contributed by atoms with E-state index in [2.05, 4.69) is 5.32 Å². The zero-order valence-electron chi connectivity index (χ0n) is 13.7. The molecule has 0 heterocycles. The lowest BCUT2D eigenvalue weighted by molar-refractivity contribution is -0.384. The van der Waals surface area contributed by atoms with Crippen LogP contribution in [0.3, 0.4) is 0 Å². The minimum atomic E-state index is -0.542. The predicted molar refractivity (Wildman–Crippen MR) is 93.3 cm³/mol. The highest BCUT2D eigenvalue weighted by molar-refractivity contribution is 5.68. The number of benzene rings is 2. The zero-order chi connectivity index (χ0) is 18.1. The number of ether oxygens (including phenoxy) is 2. The van der Waals surface area contributed by atoms with Gasteiger partial charge < -0.3 is 14.8 Å². The number of amides is 1. The second-order valence-corrected chi connectivity index (χ2v) is 5.03. The molecule has 25 heavy (non-hydrogen) atoms. The molecule has 2 rings (SSSR count). The molecular weight excluding hydrogens is 324 g/mol. The number of nitrogens with zero attached hydrogens (tertiary/aromatic N) is 1. The lowest BCUT2D eigenvalue weighted by Crippen LogP contribution is -2.24. The van der Waals surface area contributed by atoms with E-state index in [1.165, 1.54) is 25.3 Å². The first kappa shape index (κ1) is 18.0. The molecule has 0 bridgehead atoms. The third-order valence-corrected chi connectivity index (χ3v) is 3.30. The van der Waals surface area contributed by atoms with Crippen LogP contribution in [0, 0.1) is 10.1 Å². The molecule has 1 N–H and O–H groups in total. The summed E-state index contributed by atoms with van der Waals surface area (Å²) in [6.45, 7) is 0.411. The Morgan fingerprint density at radius 1 is 1.24 bits per heavy atom. The van der Waals surface area contributed by atoms with E-state index < -0.39 is 11.0 Å². The van der Waals surface area contributed by atoms with Crippen molar-refractivity contribution in [3.63, 3.8) is 0 Å². The molecular formula is C18H18N2O5. The van der Waals surface area contributed by atoms with Gasteiger partial charge in [-0.3, -0.25) is 10.1 Å². The number of alkyl carbamates (subject to hydrolysis) is 1. The van der Waals surface area contributed by atoms with Crippen molar-refractivity contribution in [2.45, 2.75) is 6.61 Å². The van der Waals surface area contributed by atoms with Gasteiger partial charge in [0, 0.05) is 24.2 Å². The third kappa shape index (κ3) is 5.65. The van der Waals surface area contributed by atoms with Gasteiger partial charge in [-0.05, 0) is 11.6 Å². The van der Waals surface area contributed by atoms with E-state index in [-0.39, 0.29) is 18.8 Å². The van der Waals surface area contributed by atoms with Crippen LogP contribution in [0.2, 0.25) is 0 Å². The zero-order valence-corrected chi connectivity index (χ0v) is 13.7.